The molecule has 5 nitrogen and oxygen atoms in total. The quantitative estimate of drug-likeness (QED) is 0.732. The molecule has 4 fully saturated rings. The highest BCUT2D eigenvalue weighted by atomic mass is 16.2. The largest absolute Gasteiger partial charge is 0.362 e. The third-order valence-electron chi connectivity index (χ3n) is 7.92. The lowest BCUT2D eigenvalue weighted by atomic mass is 9.58. The first-order valence-corrected chi connectivity index (χ1v) is 11.1. The number of amides is 2. The third-order valence-corrected chi connectivity index (χ3v) is 7.92. The fourth-order valence-corrected chi connectivity index (χ4v) is 6.28. The second-order valence-corrected chi connectivity index (χ2v) is 9.55. The zero-order valence-corrected chi connectivity index (χ0v) is 16.7. The highest BCUT2D eigenvalue weighted by Gasteiger charge is 2.55. The predicted molar refractivity (Wildman–Crippen MR) is 109 cm³/mol. The van der Waals surface area contributed by atoms with Crippen molar-refractivity contribution >= 4 is 17.5 Å². The Kier molecular flexibility index (Phi) is 4.37. The second-order valence-electron chi connectivity index (χ2n) is 9.55. The summed E-state index contributed by atoms with van der Waals surface area (Å²) in [6, 6.07) is 8.08. The Balaban J connectivity index is 1.32. The molecular weight excluding hydrogens is 350 g/mol. The lowest BCUT2D eigenvalue weighted by molar-refractivity contribution is -0.133. The van der Waals surface area contributed by atoms with Gasteiger partial charge in [-0.15, -0.1) is 0 Å². The molecule has 150 valence electrons. The highest BCUT2D eigenvalue weighted by molar-refractivity contribution is 6.02. The number of nitrogens with one attached hydrogen (secondary N) is 3. The van der Waals surface area contributed by atoms with Crippen molar-refractivity contribution in [1.29, 1.82) is 0 Å². The Bertz CT molecular complexity index is 794. The molecule has 4 saturated carbocycles. The van der Waals surface area contributed by atoms with E-state index in [1.54, 1.807) is 0 Å². The monoisotopic (exact) mass is 381 g/mol. The van der Waals surface area contributed by atoms with Crippen LogP contribution < -0.4 is 16.0 Å². The van der Waals surface area contributed by atoms with Gasteiger partial charge < -0.3 is 16.0 Å². The second kappa shape index (κ2) is 6.78. The minimum Gasteiger partial charge on any atom is -0.362 e. The fourth-order valence-electron chi connectivity index (χ4n) is 6.28. The number of benzene rings is 1. The maximum absolute atomic E-state index is 13.1. The molecule has 1 spiro atoms. The molecule has 0 unspecified atom stereocenters. The van der Waals surface area contributed by atoms with Gasteiger partial charge in [-0.25, -0.2) is 0 Å². The molecule has 1 aromatic rings. The number of hydrogen-bond donors (Lipinski definition) is 3. The maximum atomic E-state index is 13.1. The van der Waals surface area contributed by atoms with Crippen molar-refractivity contribution in [3.05, 3.63) is 29.8 Å². The molecule has 5 heteroatoms. The van der Waals surface area contributed by atoms with Crippen molar-refractivity contribution < 1.29 is 9.59 Å². The van der Waals surface area contributed by atoms with E-state index >= 15 is 0 Å². The van der Waals surface area contributed by atoms with Crippen LogP contribution in [0.25, 0.3) is 0 Å². The molecular formula is C23H31N3O2. The first-order chi connectivity index (χ1) is 13.6. The first-order valence-electron chi connectivity index (χ1n) is 11.1. The van der Waals surface area contributed by atoms with E-state index in [0.717, 1.165) is 43.4 Å². The highest BCUT2D eigenvalue weighted by Crippen LogP contribution is 2.51. The summed E-state index contributed by atoms with van der Waals surface area (Å²) in [5, 5.41) is 10.3. The van der Waals surface area contributed by atoms with Gasteiger partial charge in [0.1, 0.15) is 5.66 Å². The van der Waals surface area contributed by atoms with E-state index in [9.17, 15) is 9.59 Å². The van der Waals surface area contributed by atoms with Gasteiger partial charge in [0.05, 0.1) is 5.56 Å². The fraction of sp³-hybridized carbons (Fsp3) is 0.652. The van der Waals surface area contributed by atoms with Crippen molar-refractivity contribution in [3.63, 3.8) is 0 Å². The Hall–Kier alpha value is -2.04. The van der Waals surface area contributed by atoms with E-state index in [0.29, 0.717) is 23.8 Å². The van der Waals surface area contributed by atoms with Crippen LogP contribution in [0.4, 0.5) is 5.69 Å². The SMILES string of the molecule is C[C@@H]1CCCC[C@H]1NC(=O)[C@@H]1C[C@@H]2CC[C@@H]1C[C@@]21NC(=O)c2ccccc2N1. The average molecular weight is 382 g/mol. The van der Waals surface area contributed by atoms with Crippen LogP contribution in [-0.4, -0.2) is 23.5 Å². The van der Waals surface area contributed by atoms with Gasteiger partial charge in [0, 0.05) is 23.6 Å². The molecule has 2 bridgehead atoms. The Labute approximate surface area is 167 Å². The van der Waals surface area contributed by atoms with Gasteiger partial charge >= 0.3 is 0 Å². The molecule has 6 atom stereocenters. The third kappa shape index (κ3) is 2.90. The van der Waals surface area contributed by atoms with Crippen LogP contribution in [-0.2, 0) is 4.79 Å². The minimum atomic E-state index is -0.386. The standard InChI is InChI=1S/C23H31N3O2/c1-14-6-2-4-8-19(14)24-21(27)18-12-16-11-10-15(18)13-23(16)25-20-9-5-3-7-17(20)22(28)26-23/h3,5,7,9,14-16,18-19,25H,2,4,6,8,10-13H2,1H3,(H,24,27)(H,26,28)/t14-,15-,16+,18-,19-,23-/m1/s1. The first kappa shape index (κ1) is 18.0. The lowest BCUT2D eigenvalue weighted by Gasteiger charge is -2.56. The number of carbonyl (C=O) groups is 2. The van der Waals surface area contributed by atoms with E-state index < -0.39 is 0 Å². The van der Waals surface area contributed by atoms with Crippen molar-refractivity contribution in [2.24, 2.45) is 23.7 Å². The molecule has 4 aliphatic carbocycles. The van der Waals surface area contributed by atoms with E-state index in [4.69, 9.17) is 0 Å². The van der Waals surface area contributed by atoms with Crippen LogP contribution in [0.2, 0.25) is 0 Å². The Morgan fingerprint density at radius 3 is 2.71 bits per heavy atom. The maximum Gasteiger partial charge on any atom is 0.255 e. The van der Waals surface area contributed by atoms with Crippen LogP contribution in [0.3, 0.4) is 0 Å². The molecule has 0 aromatic heterocycles. The molecule has 5 aliphatic rings. The summed E-state index contributed by atoms with van der Waals surface area (Å²) < 4.78 is 0. The normalized spacial score (nSPS) is 39.0. The van der Waals surface area contributed by atoms with Crippen LogP contribution in [0, 0.1) is 23.7 Å². The summed E-state index contributed by atoms with van der Waals surface area (Å²) in [5.41, 5.74) is 1.26. The minimum absolute atomic E-state index is 0.0129. The van der Waals surface area contributed by atoms with Gasteiger partial charge in [-0.1, -0.05) is 31.9 Å². The molecule has 0 saturated heterocycles. The summed E-state index contributed by atoms with van der Waals surface area (Å²) in [7, 11) is 0. The lowest BCUT2D eigenvalue weighted by Crippen LogP contribution is -2.68. The van der Waals surface area contributed by atoms with Crippen LogP contribution in [0.15, 0.2) is 24.3 Å². The molecule has 28 heavy (non-hydrogen) atoms. The van der Waals surface area contributed by atoms with E-state index in [2.05, 4.69) is 22.9 Å². The van der Waals surface area contributed by atoms with Gasteiger partial charge in [-0.3, -0.25) is 9.59 Å². The number of para-hydroxylation sites is 1. The average Bonchev–Trinajstić information content (AvgIpc) is 2.70. The van der Waals surface area contributed by atoms with Crippen molar-refractivity contribution in [2.75, 3.05) is 5.32 Å². The summed E-state index contributed by atoms with van der Waals surface area (Å²) in [6.45, 7) is 2.27. The summed E-state index contributed by atoms with van der Waals surface area (Å²) in [6.07, 6.45) is 8.73. The molecule has 0 radical (unpaired) electrons. The number of carbonyl (C=O) groups excluding carboxylic acids is 2. The molecule has 3 N–H and O–H groups in total. The zero-order chi connectivity index (χ0) is 19.3. The molecule has 1 heterocycles. The Morgan fingerprint density at radius 2 is 1.93 bits per heavy atom. The summed E-state index contributed by atoms with van der Waals surface area (Å²) in [5.74, 6) is 1.58. The van der Waals surface area contributed by atoms with Gasteiger partial charge in [-0.2, -0.15) is 0 Å². The smallest absolute Gasteiger partial charge is 0.255 e. The number of hydrogen-bond acceptors (Lipinski definition) is 3. The van der Waals surface area contributed by atoms with Crippen LogP contribution in [0.5, 0.6) is 0 Å². The Morgan fingerprint density at radius 1 is 1.11 bits per heavy atom. The van der Waals surface area contributed by atoms with Crippen molar-refractivity contribution in [1.82, 2.24) is 10.6 Å². The van der Waals surface area contributed by atoms with E-state index in [1.807, 2.05) is 24.3 Å². The predicted octanol–water partition coefficient (Wildman–Crippen LogP) is 3.67. The molecule has 1 aliphatic heterocycles. The van der Waals surface area contributed by atoms with E-state index in [-0.39, 0.29) is 23.4 Å². The van der Waals surface area contributed by atoms with Crippen LogP contribution >= 0.6 is 0 Å². The number of rotatable bonds is 2. The van der Waals surface area contributed by atoms with E-state index in [1.165, 1.54) is 19.3 Å². The summed E-state index contributed by atoms with van der Waals surface area (Å²) in [4.78, 5) is 25.8. The van der Waals surface area contributed by atoms with Crippen LogP contribution in [0.1, 0.15) is 68.6 Å². The van der Waals surface area contributed by atoms with Gasteiger partial charge in [-0.05, 0) is 62.5 Å². The molecule has 6 rings (SSSR count). The van der Waals surface area contributed by atoms with Gasteiger partial charge in [0.15, 0.2) is 0 Å². The molecule has 1 aromatic carbocycles. The summed E-state index contributed by atoms with van der Waals surface area (Å²) >= 11 is 0. The number of fused-ring (bicyclic) bond motifs is 3. The van der Waals surface area contributed by atoms with Crippen molar-refractivity contribution in [3.8, 4) is 0 Å². The topological polar surface area (TPSA) is 70.2 Å². The molecule has 2 amide bonds. The van der Waals surface area contributed by atoms with Crippen molar-refractivity contribution in [2.45, 2.75) is 70.0 Å². The van der Waals surface area contributed by atoms with Gasteiger partial charge in [0.2, 0.25) is 5.91 Å². The van der Waals surface area contributed by atoms with Gasteiger partial charge in [0.25, 0.3) is 5.91 Å². The number of anilines is 1. The zero-order valence-electron chi connectivity index (χ0n) is 16.7.